The van der Waals surface area contributed by atoms with Crippen molar-refractivity contribution in [1.29, 1.82) is 0 Å². The zero-order valence-electron chi connectivity index (χ0n) is 16.4. The van der Waals surface area contributed by atoms with E-state index in [9.17, 15) is 4.39 Å². The van der Waals surface area contributed by atoms with Gasteiger partial charge in [-0.3, -0.25) is 4.98 Å². The molecule has 0 spiro atoms. The van der Waals surface area contributed by atoms with Crippen molar-refractivity contribution in [2.45, 2.75) is 12.8 Å². The number of benzene rings is 1. The first-order chi connectivity index (χ1) is 14.5. The Labute approximate surface area is 178 Å². The van der Waals surface area contributed by atoms with Gasteiger partial charge in [0.05, 0.1) is 30.0 Å². The van der Waals surface area contributed by atoms with Crippen molar-refractivity contribution in [3.63, 3.8) is 0 Å². The van der Waals surface area contributed by atoms with Gasteiger partial charge in [-0.05, 0) is 43.0 Å². The highest BCUT2D eigenvalue weighted by Crippen LogP contribution is 2.38. The van der Waals surface area contributed by atoms with E-state index in [1.165, 1.54) is 12.1 Å². The Morgan fingerprint density at radius 3 is 2.83 bits per heavy atom. The second kappa shape index (κ2) is 8.33. The van der Waals surface area contributed by atoms with Crippen LogP contribution in [0.3, 0.4) is 0 Å². The number of hydrogen-bond donors (Lipinski definition) is 3. The van der Waals surface area contributed by atoms with Gasteiger partial charge < -0.3 is 20.5 Å². The lowest BCUT2D eigenvalue weighted by Crippen LogP contribution is -2.21. The highest BCUT2D eigenvalue weighted by molar-refractivity contribution is 6.32. The number of imidazole rings is 1. The van der Waals surface area contributed by atoms with E-state index in [2.05, 4.69) is 15.4 Å². The predicted molar refractivity (Wildman–Crippen MR) is 114 cm³/mol. The van der Waals surface area contributed by atoms with Crippen LogP contribution in [0.1, 0.15) is 18.4 Å². The van der Waals surface area contributed by atoms with Crippen LogP contribution in [-0.4, -0.2) is 21.1 Å². The number of rotatable bonds is 7. The lowest BCUT2D eigenvalue weighted by Gasteiger charge is -2.14. The third-order valence-electron chi connectivity index (χ3n) is 4.98. The molecule has 5 N–H and O–H groups in total. The van der Waals surface area contributed by atoms with Crippen LogP contribution in [0.25, 0.3) is 28.3 Å². The van der Waals surface area contributed by atoms with Crippen molar-refractivity contribution < 1.29 is 9.13 Å². The molecule has 2 aromatic heterocycles. The molecule has 1 aliphatic rings. The van der Waals surface area contributed by atoms with Crippen molar-refractivity contribution in [3.8, 4) is 28.4 Å². The molecule has 0 amide bonds. The molecule has 0 unspecified atom stereocenters. The number of halogens is 2. The van der Waals surface area contributed by atoms with E-state index in [0.29, 0.717) is 35.2 Å². The van der Waals surface area contributed by atoms with Gasteiger partial charge in [0.25, 0.3) is 0 Å². The lowest BCUT2D eigenvalue weighted by molar-refractivity contribution is 0.299. The lowest BCUT2D eigenvalue weighted by atomic mass is 10.0. The first-order valence-electron chi connectivity index (χ1n) is 9.50. The van der Waals surface area contributed by atoms with Gasteiger partial charge in [-0.1, -0.05) is 11.6 Å². The summed E-state index contributed by atoms with van der Waals surface area (Å²) in [6.07, 6.45) is 5.59. The first-order valence-corrected chi connectivity index (χ1v) is 9.88. The minimum absolute atomic E-state index is 0.127. The molecule has 9 heteroatoms. The molecule has 1 aromatic carbocycles. The number of pyridine rings is 1. The molecule has 0 bridgehead atoms. The maximum atomic E-state index is 13.9. The van der Waals surface area contributed by atoms with Crippen LogP contribution in [0.15, 0.2) is 48.0 Å². The van der Waals surface area contributed by atoms with Crippen LogP contribution in [0.2, 0.25) is 0 Å². The molecule has 0 radical (unpaired) electrons. The maximum Gasteiger partial charge on any atom is 0.140 e. The summed E-state index contributed by atoms with van der Waals surface area (Å²) in [4.78, 5) is 8.96. The molecule has 156 valence electrons. The molecule has 30 heavy (non-hydrogen) atoms. The molecule has 0 atom stereocenters. The number of nitrogens with zero attached hydrogens (tertiary/aromatic N) is 3. The quantitative estimate of drug-likeness (QED) is 0.303. The molecule has 2 heterocycles. The van der Waals surface area contributed by atoms with Crippen LogP contribution in [0.4, 0.5) is 4.39 Å². The van der Waals surface area contributed by atoms with Crippen LogP contribution < -0.4 is 21.7 Å². The summed E-state index contributed by atoms with van der Waals surface area (Å²) in [5.74, 6) is 6.03. The van der Waals surface area contributed by atoms with Crippen LogP contribution in [0, 0.1) is 11.7 Å². The van der Waals surface area contributed by atoms with Gasteiger partial charge in [-0.25, -0.2) is 15.2 Å². The van der Waals surface area contributed by atoms with Gasteiger partial charge in [0, 0.05) is 30.4 Å². The van der Waals surface area contributed by atoms with E-state index in [1.807, 2.05) is 11.6 Å². The zero-order valence-corrected chi connectivity index (χ0v) is 17.2. The number of hydrogen-bond acceptors (Lipinski definition) is 6. The van der Waals surface area contributed by atoms with Crippen molar-refractivity contribution >= 4 is 17.3 Å². The van der Waals surface area contributed by atoms with E-state index in [0.717, 1.165) is 24.1 Å². The molecule has 3 aromatic rings. The Morgan fingerprint density at radius 2 is 2.10 bits per heavy atom. The van der Waals surface area contributed by atoms with Crippen molar-refractivity contribution in [2.75, 3.05) is 6.61 Å². The molecule has 1 fully saturated rings. The molecular weight excluding hydrogens is 407 g/mol. The maximum absolute atomic E-state index is 13.9. The van der Waals surface area contributed by atoms with E-state index in [-0.39, 0.29) is 16.7 Å². The van der Waals surface area contributed by atoms with Gasteiger partial charge in [-0.2, -0.15) is 0 Å². The normalized spacial score (nSPS) is 14.4. The fraction of sp³-hybridized carbons (Fsp3) is 0.238. The van der Waals surface area contributed by atoms with Gasteiger partial charge >= 0.3 is 0 Å². The van der Waals surface area contributed by atoms with Gasteiger partial charge in [0.2, 0.25) is 0 Å². The summed E-state index contributed by atoms with van der Waals surface area (Å²) in [6.45, 7) is 0.573. The summed E-state index contributed by atoms with van der Waals surface area (Å²) < 4.78 is 21.7. The van der Waals surface area contributed by atoms with Crippen LogP contribution in [0.5, 0.6) is 5.75 Å². The number of hydrazine groups is 1. The molecule has 1 saturated carbocycles. The Balaban J connectivity index is 1.78. The third kappa shape index (κ3) is 4.10. The van der Waals surface area contributed by atoms with Crippen molar-refractivity contribution in [3.05, 3.63) is 59.4 Å². The summed E-state index contributed by atoms with van der Waals surface area (Å²) >= 11 is 6.01. The van der Waals surface area contributed by atoms with E-state index >= 15 is 0 Å². The third-order valence-corrected chi connectivity index (χ3v) is 5.30. The van der Waals surface area contributed by atoms with E-state index in [4.69, 9.17) is 27.9 Å². The number of nitrogens with two attached hydrogens (primary N) is 2. The predicted octanol–water partition coefficient (Wildman–Crippen LogP) is 3.36. The largest absolute Gasteiger partial charge is 0.492 e. The summed E-state index contributed by atoms with van der Waals surface area (Å²) in [6, 6.07) is 8.02. The highest BCUT2D eigenvalue weighted by atomic mass is 35.5. The molecule has 0 aliphatic heterocycles. The molecule has 0 saturated heterocycles. The summed E-state index contributed by atoms with van der Waals surface area (Å²) in [7, 11) is 1.87. The molecule has 1 aliphatic carbocycles. The van der Waals surface area contributed by atoms with Gasteiger partial charge in [0.1, 0.15) is 22.4 Å². The van der Waals surface area contributed by atoms with E-state index in [1.54, 1.807) is 30.7 Å². The van der Waals surface area contributed by atoms with Crippen molar-refractivity contribution in [1.82, 2.24) is 20.0 Å². The molecule has 4 rings (SSSR count). The molecular formula is C21H22ClFN6O. The monoisotopic (exact) mass is 428 g/mol. The van der Waals surface area contributed by atoms with Gasteiger partial charge in [-0.15, -0.1) is 0 Å². The Morgan fingerprint density at radius 1 is 1.30 bits per heavy atom. The highest BCUT2D eigenvalue weighted by Gasteiger charge is 2.24. The second-order valence-corrected chi connectivity index (χ2v) is 7.63. The zero-order chi connectivity index (χ0) is 21.3. The number of nitrogens with one attached hydrogen (secondary N) is 1. The average molecular weight is 429 g/mol. The fourth-order valence-electron chi connectivity index (χ4n) is 3.17. The summed E-state index contributed by atoms with van der Waals surface area (Å²) in [5, 5.41) is 0.127. The Hall–Kier alpha value is -3.10. The topological polar surface area (TPSA) is 104 Å². The van der Waals surface area contributed by atoms with Crippen molar-refractivity contribution in [2.24, 2.45) is 24.5 Å². The standard InChI is InChI=1S/C21H22ClFN6O/c1-29-11-27-19(16-8-13(6-7-26-16)18(24)21(22)28-25)20(29)15-5-4-14(23)9-17(15)30-10-12-2-3-12/h4-9,11-12,28H,2-3,10,24-25H2,1H3/b21-18-. The number of aryl methyl sites for hydroxylation is 1. The van der Waals surface area contributed by atoms with Crippen LogP contribution >= 0.6 is 11.6 Å². The second-order valence-electron chi connectivity index (χ2n) is 7.25. The summed E-state index contributed by atoms with van der Waals surface area (Å²) in [5.41, 5.74) is 12.0. The minimum Gasteiger partial charge on any atom is -0.492 e. The molecule has 7 nitrogen and oxygen atoms in total. The Bertz CT molecular complexity index is 1110. The SMILES string of the molecule is Cn1cnc(-c2cc(/C(N)=C(\Cl)NN)ccn2)c1-c1ccc(F)cc1OCC1CC1. The van der Waals surface area contributed by atoms with Crippen LogP contribution in [-0.2, 0) is 7.05 Å². The Kier molecular flexibility index (Phi) is 5.61. The van der Waals surface area contributed by atoms with E-state index < -0.39 is 0 Å². The number of aromatic nitrogens is 3. The smallest absolute Gasteiger partial charge is 0.140 e. The fourth-order valence-corrected chi connectivity index (χ4v) is 3.28. The number of ether oxygens (including phenoxy) is 1. The minimum atomic E-state index is -0.352. The van der Waals surface area contributed by atoms with Gasteiger partial charge in [0.15, 0.2) is 0 Å². The average Bonchev–Trinajstić information content (AvgIpc) is 3.52. The first kappa shape index (κ1) is 20.2.